The summed E-state index contributed by atoms with van der Waals surface area (Å²) in [6.45, 7) is 1.93. The highest BCUT2D eigenvalue weighted by atomic mass is 35.5. The Bertz CT molecular complexity index is 273. The molecule has 0 aliphatic heterocycles. The molecule has 66 valence electrons. The predicted molar refractivity (Wildman–Crippen MR) is 53.6 cm³/mol. The highest BCUT2D eigenvalue weighted by Crippen LogP contribution is 2.16. The lowest BCUT2D eigenvalue weighted by Crippen LogP contribution is -1.99. The van der Waals surface area contributed by atoms with Gasteiger partial charge in [0.05, 0.1) is 0 Å². The molecule has 0 bridgehead atoms. The Hall–Kier alpha value is -0.210. The standard InChI is InChI=1S/C9H10ClFS/c1-6(12)4-7-2-3-8(10)5-9(7)11/h2-3,5-6,12H,4H2,1H3. The summed E-state index contributed by atoms with van der Waals surface area (Å²) in [6, 6.07) is 4.72. The summed E-state index contributed by atoms with van der Waals surface area (Å²) in [5.74, 6) is -0.247. The minimum absolute atomic E-state index is 0.167. The highest BCUT2D eigenvalue weighted by molar-refractivity contribution is 7.80. The maximum atomic E-state index is 13.1. The van der Waals surface area contributed by atoms with Crippen molar-refractivity contribution in [3.63, 3.8) is 0 Å². The van der Waals surface area contributed by atoms with Gasteiger partial charge in [-0.3, -0.25) is 0 Å². The Morgan fingerprint density at radius 3 is 2.75 bits per heavy atom. The summed E-state index contributed by atoms with van der Waals surface area (Å²) < 4.78 is 13.1. The fourth-order valence-corrected chi connectivity index (χ4v) is 1.36. The molecule has 0 amide bonds. The third kappa shape index (κ3) is 2.68. The van der Waals surface area contributed by atoms with Gasteiger partial charge in [-0.1, -0.05) is 24.6 Å². The molecule has 0 saturated heterocycles. The van der Waals surface area contributed by atoms with Crippen LogP contribution in [-0.2, 0) is 6.42 Å². The molecule has 0 nitrogen and oxygen atoms in total. The van der Waals surface area contributed by atoms with Gasteiger partial charge in [0.25, 0.3) is 0 Å². The Labute approximate surface area is 82.2 Å². The third-order valence-corrected chi connectivity index (χ3v) is 1.95. The van der Waals surface area contributed by atoms with Crippen molar-refractivity contribution in [2.24, 2.45) is 0 Å². The number of thiol groups is 1. The van der Waals surface area contributed by atoms with Gasteiger partial charge in [0, 0.05) is 10.3 Å². The van der Waals surface area contributed by atoms with Crippen LogP contribution in [0.1, 0.15) is 12.5 Å². The number of rotatable bonds is 2. The van der Waals surface area contributed by atoms with Gasteiger partial charge in [-0.2, -0.15) is 12.6 Å². The summed E-state index contributed by atoms with van der Waals surface area (Å²) in [7, 11) is 0. The van der Waals surface area contributed by atoms with Crippen LogP contribution in [0.4, 0.5) is 4.39 Å². The molecule has 0 radical (unpaired) electrons. The van der Waals surface area contributed by atoms with Gasteiger partial charge in [0.15, 0.2) is 0 Å². The topological polar surface area (TPSA) is 0 Å². The van der Waals surface area contributed by atoms with E-state index in [4.69, 9.17) is 11.6 Å². The van der Waals surface area contributed by atoms with Gasteiger partial charge in [-0.05, 0) is 24.1 Å². The number of benzene rings is 1. The minimum atomic E-state index is -0.247. The van der Waals surface area contributed by atoms with Crippen molar-refractivity contribution in [3.8, 4) is 0 Å². The van der Waals surface area contributed by atoms with Gasteiger partial charge < -0.3 is 0 Å². The average molecular weight is 205 g/mol. The van der Waals surface area contributed by atoms with Gasteiger partial charge in [0.2, 0.25) is 0 Å². The number of halogens is 2. The molecule has 0 aromatic heterocycles. The molecule has 1 aromatic rings. The van der Waals surface area contributed by atoms with Crippen molar-refractivity contribution in [3.05, 3.63) is 34.6 Å². The van der Waals surface area contributed by atoms with E-state index in [0.717, 1.165) is 0 Å². The van der Waals surface area contributed by atoms with Crippen LogP contribution in [-0.4, -0.2) is 5.25 Å². The van der Waals surface area contributed by atoms with E-state index in [2.05, 4.69) is 12.6 Å². The molecule has 0 N–H and O–H groups in total. The van der Waals surface area contributed by atoms with Gasteiger partial charge in [-0.25, -0.2) is 4.39 Å². The second-order valence-corrected chi connectivity index (χ2v) is 4.11. The van der Waals surface area contributed by atoms with Crippen LogP contribution in [0.5, 0.6) is 0 Å². The maximum absolute atomic E-state index is 13.1. The predicted octanol–water partition coefficient (Wildman–Crippen LogP) is 3.34. The smallest absolute Gasteiger partial charge is 0.127 e. The molecule has 0 spiro atoms. The van der Waals surface area contributed by atoms with Crippen LogP contribution >= 0.6 is 24.2 Å². The van der Waals surface area contributed by atoms with E-state index in [-0.39, 0.29) is 11.1 Å². The third-order valence-electron chi connectivity index (χ3n) is 1.53. The minimum Gasteiger partial charge on any atom is -0.207 e. The zero-order chi connectivity index (χ0) is 9.14. The highest BCUT2D eigenvalue weighted by Gasteiger charge is 2.04. The molecule has 0 saturated carbocycles. The van der Waals surface area contributed by atoms with E-state index >= 15 is 0 Å². The summed E-state index contributed by atoms with van der Waals surface area (Å²) in [5, 5.41) is 0.601. The van der Waals surface area contributed by atoms with Crippen molar-refractivity contribution < 1.29 is 4.39 Å². The molecule has 1 rings (SSSR count). The van der Waals surface area contributed by atoms with E-state index in [9.17, 15) is 4.39 Å². The summed E-state index contributed by atoms with van der Waals surface area (Å²) in [6.07, 6.45) is 0.631. The van der Waals surface area contributed by atoms with Crippen LogP contribution in [0.25, 0.3) is 0 Å². The molecule has 3 heteroatoms. The lowest BCUT2D eigenvalue weighted by molar-refractivity contribution is 0.608. The van der Waals surface area contributed by atoms with Crippen LogP contribution in [0.3, 0.4) is 0 Å². The number of hydrogen-bond acceptors (Lipinski definition) is 1. The van der Waals surface area contributed by atoms with Crippen LogP contribution < -0.4 is 0 Å². The Kier molecular flexibility index (Phi) is 3.41. The Morgan fingerprint density at radius 1 is 1.58 bits per heavy atom. The molecule has 0 fully saturated rings. The van der Waals surface area contributed by atoms with Crippen LogP contribution in [0.15, 0.2) is 18.2 Å². The second kappa shape index (κ2) is 4.15. The molecule has 0 aliphatic carbocycles. The molecule has 12 heavy (non-hydrogen) atoms. The summed E-state index contributed by atoms with van der Waals surface area (Å²) in [4.78, 5) is 0. The van der Waals surface area contributed by atoms with E-state index in [0.29, 0.717) is 17.0 Å². The first-order chi connectivity index (χ1) is 5.59. The van der Waals surface area contributed by atoms with Crippen molar-refractivity contribution >= 4 is 24.2 Å². The average Bonchev–Trinajstić information content (AvgIpc) is 1.94. The number of hydrogen-bond donors (Lipinski definition) is 1. The quantitative estimate of drug-likeness (QED) is 0.702. The Morgan fingerprint density at radius 2 is 2.25 bits per heavy atom. The largest absolute Gasteiger partial charge is 0.207 e. The zero-order valence-corrected chi connectivity index (χ0v) is 8.37. The van der Waals surface area contributed by atoms with Gasteiger partial charge in [-0.15, -0.1) is 0 Å². The van der Waals surface area contributed by atoms with Crippen LogP contribution in [0, 0.1) is 5.82 Å². The summed E-state index contributed by atoms with van der Waals surface area (Å²) in [5.41, 5.74) is 0.668. The lowest BCUT2D eigenvalue weighted by Gasteiger charge is -2.05. The summed E-state index contributed by atoms with van der Waals surface area (Å²) >= 11 is 9.78. The molecule has 1 aromatic carbocycles. The van der Waals surface area contributed by atoms with Crippen molar-refractivity contribution in [1.82, 2.24) is 0 Å². The van der Waals surface area contributed by atoms with E-state index in [1.165, 1.54) is 6.07 Å². The first kappa shape index (κ1) is 9.87. The molecule has 1 atom stereocenters. The molecule has 1 unspecified atom stereocenters. The van der Waals surface area contributed by atoms with Gasteiger partial charge >= 0.3 is 0 Å². The fraction of sp³-hybridized carbons (Fsp3) is 0.333. The van der Waals surface area contributed by atoms with Gasteiger partial charge in [0.1, 0.15) is 5.82 Å². The molecule has 0 aliphatic rings. The second-order valence-electron chi connectivity index (χ2n) is 2.79. The zero-order valence-electron chi connectivity index (χ0n) is 6.72. The monoisotopic (exact) mass is 204 g/mol. The maximum Gasteiger partial charge on any atom is 0.127 e. The SMILES string of the molecule is CC(S)Cc1ccc(Cl)cc1F. The van der Waals surface area contributed by atoms with E-state index in [1.54, 1.807) is 12.1 Å². The lowest BCUT2D eigenvalue weighted by atomic mass is 10.1. The first-order valence-electron chi connectivity index (χ1n) is 3.71. The van der Waals surface area contributed by atoms with Crippen molar-refractivity contribution in [1.29, 1.82) is 0 Å². The first-order valence-corrected chi connectivity index (χ1v) is 4.61. The van der Waals surface area contributed by atoms with E-state index in [1.807, 2.05) is 6.92 Å². The molecular weight excluding hydrogens is 195 g/mol. The molecular formula is C9H10ClFS. The van der Waals surface area contributed by atoms with Crippen molar-refractivity contribution in [2.75, 3.05) is 0 Å². The normalized spacial score (nSPS) is 13.0. The molecule has 0 heterocycles. The Balaban J connectivity index is 2.86. The fourth-order valence-electron chi connectivity index (χ4n) is 1.01. The van der Waals surface area contributed by atoms with E-state index < -0.39 is 0 Å². The van der Waals surface area contributed by atoms with Crippen molar-refractivity contribution in [2.45, 2.75) is 18.6 Å². The van der Waals surface area contributed by atoms with Crippen LogP contribution in [0.2, 0.25) is 5.02 Å².